The number of aromatic nitrogens is 1. The summed E-state index contributed by atoms with van der Waals surface area (Å²) in [4.78, 5) is 42.5. The summed E-state index contributed by atoms with van der Waals surface area (Å²) in [6.07, 6.45) is 2.93. The fourth-order valence-corrected chi connectivity index (χ4v) is 5.64. The molecule has 1 aliphatic heterocycles. The summed E-state index contributed by atoms with van der Waals surface area (Å²) in [6.45, 7) is 4.53. The molecule has 0 radical (unpaired) electrons. The van der Waals surface area contributed by atoms with Gasteiger partial charge >= 0.3 is 5.97 Å². The Kier molecular flexibility index (Phi) is 8.44. The monoisotopic (exact) mass is 605 g/mol. The molecule has 5 rings (SSSR count). The highest BCUT2D eigenvalue weighted by Gasteiger charge is 2.31. The van der Waals surface area contributed by atoms with Crippen LogP contribution < -0.4 is 29.1 Å². The van der Waals surface area contributed by atoms with Gasteiger partial charge in [0.05, 0.1) is 60.1 Å². The van der Waals surface area contributed by atoms with Crippen molar-refractivity contribution in [1.82, 2.24) is 4.57 Å². The maximum Gasteiger partial charge on any atom is 0.337 e. The lowest BCUT2D eigenvalue weighted by atomic mass is 9.97. The Bertz CT molecular complexity index is 1920. The maximum atomic E-state index is 13.8. The Labute approximate surface area is 248 Å². The Morgan fingerprint density at radius 2 is 1.86 bits per heavy atom. The third kappa shape index (κ3) is 5.66. The summed E-state index contributed by atoms with van der Waals surface area (Å²) in [5, 5.41) is 11.7. The number of nitro groups is 1. The first-order valence-corrected chi connectivity index (χ1v) is 14.0. The molecule has 0 N–H and O–H groups in total. The zero-order valence-electron chi connectivity index (χ0n) is 23.7. The van der Waals surface area contributed by atoms with E-state index >= 15 is 0 Å². The molecule has 0 amide bonds. The number of carbonyl (C=O) groups is 1. The van der Waals surface area contributed by atoms with E-state index in [2.05, 4.69) is 4.99 Å². The SMILES string of the molecule is CCOc1ccc([C@@H]2C(C(=O)OC)=CN=c3s/c(=C/c4ccc(-c5ccc(OC)cc5[N+](=O)[O-])o4)c(=O)n32)cc1OCC. The number of fused-ring (bicyclic) bond motifs is 1. The Balaban J connectivity index is 1.60. The van der Waals surface area contributed by atoms with Gasteiger partial charge in [-0.15, -0.1) is 0 Å². The average molecular weight is 606 g/mol. The van der Waals surface area contributed by atoms with Crippen molar-refractivity contribution in [3.8, 4) is 28.6 Å². The van der Waals surface area contributed by atoms with Crippen LogP contribution in [0.2, 0.25) is 0 Å². The molecular formula is C30H27N3O9S. The van der Waals surface area contributed by atoms with Gasteiger partial charge in [-0.3, -0.25) is 19.5 Å². The van der Waals surface area contributed by atoms with Crippen LogP contribution in [0.3, 0.4) is 0 Å². The van der Waals surface area contributed by atoms with Crippen LogP contribution in [0.15, 0.2) is 74.5 Å². The summed E-state index contributed by atoms with van der Waals surface area (Å²) in [6, 6.07) is 12.0. The van der Waals surface area contributed by atoms with Gasteiger partial charge in [-0.25, -0.2) is 9.79 Å². The van der Waals surface area contributed by atoms with E-state index in [1.54, 1.807) is 36.4 Å². The van der Waals surface area contributed by atoms with E-state index in [9.17, 15) is 19.7 Å². The van der Waals surface area contributed by atoms with E-state index < -0.39 is 22.5 Å². The minimum Gasteiger partial charge on any atom is -0.497 e. The number of ether oxygens (including phenoxy) is 4. The first kappa shape index (κ1) is 29.3. The van der Waals surface area contributed by atoms with Crippen LogP contribution >= 0.6 is 11.3 Å². The Morgan fingerprint density at radius 1 is 1.09 bits per heavy atom. The summed E-state index contributed by atoms with van der Waals surface area (Å²) in [5.41, 5.74) is 0.425. The molecule has 0 spiro atoms. The Hall–Kier alpha value is -5.17. The molecule has 12 nitrogen and oxygen atoms in total. The summed E-state index contributed by atoms with van der Waals surface area (Å²) < 4.78 is 29.2. The van der Waals surface area contributed by atoms with Crippen LogP contribution in [0.5, 0.6) is 17.2 Å². The second-order valence-corrected chi connectivity index (χ2v) is 10.1. The van der Waals surface area contributed by atoms with Crippen LogP contribution in [0.4, 0.5) is 5.69 Å². The molecule has 4 aromatic rings. The number of carbonyl (C=O) groups excluding carboxylic acids is 1. The van der Waals surface area contributed by atoms with E-state index in [1.165, 1.54) is 43.2 Å². The van der Waals surface area contributed by atoms with Crippen molar-refractivity contribution in [3.05, 3.63) is 101 Å². The Morgan fingerprint density at radius 3 is 2.56 bits per heavy atom. The molecular weight excluding hydrogens is 578 g/mol. The van der Waals surface area contributed by atoms with Gasteiger partial charge in [0.15, 0.2) is 16.3 Å². The first-order valence-electron chi connectivity index (χ1n) is 13.2. The predicted octanol–water partition coefficient (Wildman–Crippen LogP) is 3.99. The van der Waals surface area contributed by atoms with Crippen molar-refractivity contribution >= 4 is 29.1 Å². The standard InChI is InChI=1S/C30H27N3O9S/c1-5-40-24-11-7-17(13-25(24)41-6-2)27-21(29(35)39-4)16-31-30-32(27)28(34)26(43-30)15-19-9-12-23(42-19)20-10-8-18(38-3)14-22(20)33(36)37/h7-16,27H,5-6H2,1-4H3/b26-15+/t27-/m1/s1. The molecule has 0 bridgehead atoms. The number of hydrogen-bond acceptors (Lipinski definition) is 11. The molecule has 0 aliphatic carbocycles. The second-order valence-electron chi connectivity index (χ2n) is 9.09. The molecule has 2 aromatic heterocycles. The second kappa shape index (κ2) is 12.4. The van der Waals surface area contributed by atoms with Gasteiger partial charge in [0.1, 0.15) is 17.3 Å². The van der Waals surface area contributed by atoms with Crippen molar-refractivity contribution in [3.63, 3.8) is 0 Å². The largest absolute Gasteiger partial charge is 0.497 e. The normalized spacial score (nSPS) is 14.4. The van der Waals surface area contributed by atoms with Crippen LogP contribution in [-0.2, 0) is 9.53 Å². The van der Waals surface area contributed by atoms with Crippen LogP contribution in [0.1, 0.15) is 31.2 Å². The summed E-state index contributed by atoms with van der Waals surface area (Å²) in [5.74, 6) is 1.26. The van der Waals surface area contributed by atoms with E-state index in [4.69, 9.17) is 23.4 Å². The molecule has 2 aromatic carbocycles. The molecule has 13 heteroatoms. The quantitative estimate of drug-likeness (QED) is 0.149. The van der Waals surface area contributed by atoms with E-state index in [1.807, 2.05) is 13.8 Å². The highest BCUT2D eigenvalue weighted by molar-refractivity contribution is 7.07. The summed E-state index contributed by atoms with van der Waals surface area (Å²) in [7, 11) is 2.68. The van der Waals surface area contributed by atoms with Gasteiger partial charge in [0.2, 0.25) is 0 Å². The highest BCUT2D eigenvalue weighted by Crippen LogP contribution is 2.36. The van der Waals surface area contributed by atoms with E-state index in [0.717, 1.165) is 11.3 Å². The van der Waals surface area contributed by atoms with Crippen molar-refractivity contribution in [2.45, 2.75) is 19.9 Å². The topological polar surface area (TPSA) is 145 Å². The number of benzene rings is 2. The van der Waals surface area contributed by atoms with Crippen molar-refractivity contribution in [2.24, 2.45) is 4.99 Å². The molecule has 222 valence electrons. The van der Waals surface area contributed by atoms with Crippen LogP contribution in [0.25, 0.3) is 17.4 Å². The number of thiazole rings is 1. The minimum absolute atomic E-state index is 0.167. The van der Waals surface area contributed by atoms with Crippen molar-refractivity contribution in [2.75, 3.05) is 27.4 Å². The number of nitrogens with zero attached hydrogens (tertiary/aromatic N) is 3. The molecule has 3 heterocycles. The van der Waals surface area contributed by atoms with Crippen molar-refractivity contribution in [1.29, 1.82) is 0 Å². The zero-order chi connectivity index (χ0) is 30.7. The smallest absolute Gasteiger partial charge is 0.337 e. The molecule has 1 atom stereocenters. The minimum atomic E-state index is -0.852. The molecule has 0 saturated heterocycles. The first-order chi connectivity index (χ1) is 20.8. The zero-order valence-corrected chi connectivity index (χ0v) is 24.5. The van der Waals surface area contributed by atoms with Gasteiger partial charge in [-0.05, 0) is 55.8 Å². The van der Waals surface area contributed by atoms with Gasteiger partial charge < -0.3 is 23.4 Å². The molecule has 43 heavy (non-hydrogen) atoms. The summed E-state index contributed by atoms with van der Waals surface area (Å²) >= 11 is 1.11. The molecule has 0 unspecified atom stereocenters. The fraction of sp³-hybridized carbons (Fsp3) is 0.233. The molecule has 1 aliphatic rings. The number of esters is 1. The third-order valence-corrected chi connectivity index (χ3v) is 7.57. The van der Waals surface area contributed by atoms with E-state index in [0.29, 0.717) is 46.6 Å². The lowest BCUT2D eigenvalue weighted by molar-refractivity contribution is -0.384. The predicted molar refractivity (Wildman–Crippen MR) is 157 cm³/mol. The lowest BCUT2D eigenvalue weighted by Gasteiger charge is -2.23. The van der Waals surface area contributed by atoms with Crippen LogP contribution in [-0.4, -0.2) is 42.9 Å². The number of furan rings is 1. The number of nitro benzene ring substituents is 1. The van der Waals surface area contributed by atoms with Gasteiger partial charge in [0.25, 0.3) is 11.2 Å². The fourth-order valence-electron chi connectivity index (χ4n) is 4.69. The average Bonchev–Trinajstić information content (AvgIpc) is 3.61. The van der Waals surface area contributed by atoms with Crippen LogP contribution in [0, 0.1) is 10.1 Å². The van der Waals surface area contributed by atoms with E-state index in [-0.39, 0.29) is 27.1 Å². The van der Waals surface area contributed by atoms with Crippen molar-refractivity contribution < 1.29 is 33.1 Å². The number of hydrogen-bond donors (Lipinski definition) is 0. The molecule has 0 saturated carbocycles. The highest BCUT2D eigenvalue weighted by atomic mass is 32.1. The van der Waals surface area contributed by atoms with Gasteiger partial charge in [-0.2, -0.15) is 0 Å². The lowest BCUT2D eigenvalue weighted by Crippen LogP contribution is -2.39. The van der Waals surface area contributed by atoms with Gasteiger partial charge in [-0.1, -0.05) is 17.4 Å². The van der Waals surface area contributed by atoms with Gasteiger partial charge in [0, 0.05) is 12.3 Å². The molecule has 0 fully saturated rings. The third-order valence-electron chi connectivity index (χ3n) is 6.58. The number of rotatable bonds is 10. The maximum absolute atomic E-state index is 13.8. The number of methoxy groups -OCH3 is 2.